The molecule has 1 aliphatic carbocycles. The van der Waals surface area contributed by atoms with Crippen LogP contribution < -0.4 is 11.1 Å². The summed E-state index contributed by atoms with van der Waals surface area (Å²) in [5, 5.41) is 3.04. The SMILES string of the molecule is CCON(S)OCCCCCCNC(=O)C1CCC(CN2C(=O)CC(N)C2=O)CC1. The molecule has 3 amide bonds. The van der Waals surface area contributed by atoms with E-state index in [0.29, 0.717) is 26.3 Å². The molecule has 172 valence electrons. The molecule has 0 bridgehead atoms. The largest absolute Gasteiger partial charge is 0.356 e. The van der Waals surface area contributed by atoms with Gasteiger partial charge in [0, 0.05) is 19.0 Å². The second-order valence-electron chi connectivity index (χ2n) is 8.06. The fourth-order valence-electron chi connectivity index (χ4n) is 3.99. The number of carbonyl (C=O) groups excluding carboxylic acids is 3. The Balaban J connectivity index is 1.50. The van der Waals surface area contributed by atoms with Crippen LogP contribution in [0.2, 0.25) is 0 Å². The van der Waals surface area contributed by atoms with Gasteiger partial charge in [0.1, 0.15) is 0 Å². The molecule has 2 rings (SSSR count). The van der Waals surface area contributed by atoms with E-state index >= 15 is 0 Å². The fraction of sp³-hybridized carbons (Fsp3) is 0.850. The van der Waals surface area contributed by atoms with E-state index in [1.165, 1.54) is 4.90 Å². The maximum atomic E-state index is 12.4. The summed E-state index contributed by atoms with van der Waals surface area (Å²) in [5.41, 5.74) is 5.66. The maximum Gasteiger partial charge on any atom is 0.246 e. The number of thiol groups is 1. The van der Waals surface area contributed by atoms with Gasteiger partial charge in [-0.3, -0.25) is 29.0 Å². The minimum absolute atomic E-state index is 0.0295. The first-order valence-electron chi connectivity index (χ1n) is 11.0. The molecular formula is C20H36N4O5S. The van der Waals surface area contributed by atoms with E-state index in [9.17, 15) is 14.4 Å². The molecule has 0 aromatic heterocycles. The van der Waals surface area contributed by atoms with Gasteiger partial charge in [0.05, 0.1) is 25.7 Å². The summed E-state index contributed by atoms with van der Waals surface area (Å²) in [5.74, 6) is -0.0124. The van der Waals surface area contributed by atoms with Gasteiger partial charge in [-0.2, -0.15) is 0 Å². The highest BCUT2D eigenvalue weighted by molar-refractivity contribution is 7.77. The molecule has 3 N–H and O–H groups in total. The van der Waals surface area contributed by atoms with Crippen LogP contribution in [0.3, 0.4) is 0 Å². The van der Waals surface area contributed by atoms with Crippen molar-refractivity contribution >= 4 is 30.5 Å². The molecule has 0 aromatic rings. The van der Waals surface area contributed by atoms with E-state index in [2.05, 4.69) is 18.1 Å². The number of imide groups is 1. The lowest BCUT2D eigenvalue weighted by atomic mass is 9.81. The number of nitrogens with zero attached hydrogens (tertiary/aromatic N) is 2. The molecule has 2 fully saturated rings. The number of unbranched alkanes of at least 4 members (excludes halogenated alkanes) is 3. The van der Waals surface area contributed by atoms with E-state index in [1.807, 2.05) is 6.92 Å². The summed E-state index contributed by atoms with van der Waals surface area (Å²) in [6.45, 7) is 4.06. The number of nitrogens with one attached hydrogen (secondary N) is 1. The maximum absolute atomic E-state index is 12.4. The number of hydrogen-bond donors (Lipinski definition) is 3. The van der Waals surface area contributed by atoms with Gasteiger partial charge in [-0.1, -0.05) is 12.8 Å². The second-order valence-corrected chi connectivity index (χ2v) is 8.39. The fourth-order valence-corrected chi connectivity index (χ4v) is 4.19. The van der Waals surface area contributed by atoms with Crippen LogP contribution in [0.25, 0.3) is 0 Å². The van der Waals surface area contributed by atoms with Crippen LogP contribution in [0.4, 0.5) is 0 Å². The Kier molecular flexibility index (Phi) is 11.1. The molecule has 9 nitrogen and oxygen atoms in total. The van der Waals surface area contributed by atoms with Crippen LogP contribution >= 0.6 is 12.8 Å². The minimum atomic E-state index is -0.681. The molecule has 10 heteroatoms. The Morgan fingerprint density at radius 3 is 2.50 bits per heavy atom. The predicted octanol–water partition coefficient (Wildman–Crippen LogP) is 1.59. The lowest BCUT2D eigenvalue weighted by molar-refractivity contribution is -0.290. The summed E-state index contributed by atoms with van der Waals surface area (Å²) in [7, 11) is 0. The molecule has 2 aliphatic rings. The van der Waals surface area contributed by atoms with E-state index in [4.69, 9.17) is 15.4 Å². The van der Waals surface area contributed by atoms with Crippen LogP contribution in [0, 0.1) is 11.8 Å². The van der Waals surface area contributed by atoms with Gasteiger partial charge in [0.2, 0.25) is 17.7 Å². The summed E-state index contributed by atoms with van der Waals surface area (Å²) < 4.78 is 1.09. The highest BCUT2D eigenvalue weighted by atomic mass is 32.1. The molecule has 1 unspecified atom stereocenters. The van der Waals surface area contributed by atoms with Crippen molar-refractivity contribution in [3.63, 3.8) is 0 Å². The predicted molar refractivity (Wildman–Crippen MR) is 115 cm³/mol. The van der Waals surface area contributed by atoms with E-state index in [0.717, 1.165) is 56.0 Å². The molecule has 1 saturated carbocycles. The standard InChI is InChI=1S/C20H36N4O5S/c1-2-28-24(30)29-12-6-4-3-5-11-22-19(26)16-9-7-15(8-10-16)14-23-18(25)13-17(21)20(23)27/h15-17,30H,2-14,21H2,1H3,(H,22,26). The average Bonchev–Trinajstić information content (AvgIpc) is 2.96. The van der Waals surface area contributed by atoms with Gasteiger partial charge in [0.25, 0.3) is 0 Å². The molecule has 1 aliphatic heterocycles. The lowest BCUT2D eigenvalue weighted by Gasteiger charge is -2.30. The number of rotatable bonds is 13. The lowest BCUT2D eigenvalue weighted by Crippen LogP contribution is -2.40. The normalized spacial score (nSPS) is 24.7. The molecule has 0 spiro atoms. The van der Waals surface area contributed by atoms with Crippen LogP contribution in [0.5, 0.6) is 0 Å². The van der Waals surface area contributed by atoms with Crippen molar-refractivity contribution in [2.75, 3.05) is 26.3 Å². The molecule has 0 radical (unpaired) electrons. The Morgan fingerprint density at radius 2 is 1.87 bits per heavy atom. The molecular weight excluding hydrogens is 408 g/mol. The number of hydrogen-bond acceptors (Lipinski definition) is 8. The Labute approximate surface area is 184 Å². The van der Waals surface area contributed by atoms with E-state index in [-0.39, 0.29) is 36.0 Å². The summed E-state index contributed by atoms with van der Waals surface area (Å²) in [6, 6.07) is -0.681. The van der Waals surface area contributed by atoms with Crippen molar-refractivity contribution in [2.45, 2.75) is 70.8 Å². The van der Waals surface area contributed by atoms with Gasteiger partial charge in [0.15, 0.2) is 0 Å². The first kappa shape index (κ1) is 25.1. The summed E-state index contributed by atoms with van der Waals surface area (Å²) in [4.78, 5) is 47.7. The van der Waals surface area contributed by atoms with Crippen molar-refractivity contribution in [2.24, 2.45) is 17.6 Å². The molecule has 30 heavy (non-hydrogen) atoms. The topological polar surface area (TPSA) is 114 Å². The zero-order valence-corrected chi connectivity index (χ0v) is 18.8. The highest BCUT2D eigenvalue weighted by Gasteiger charge is 2.38. The van der Waals surface area contributed by atoms with Crippen LogP contribution in [-0.4, -0.2) is 59.6 Å². The van der Waals surface area contributed by atoms with E-state index in [1.54, 1.807) is 0 Å². The number of amides is 3. The first-order valence-corrected chi connectivity index (χ1v) is 11.4. The van der Waals surface area contributed by atoms with Crippen molar-refractivity contribution in [3.05, 3.63) is 0 Å². The third-order valence-electron chi connectivity index (χ3n) is 5.75. The van der Waals surface area contributed by atoms with Gasteiger partial charge in [-0.25, -0.2) is 0 Å². The van der Waals surface area contributed by atoms with Crippen molar-refractivity contribution < 1.29 is 24.1 Å². The van der Waals surface area contributed by atoms with Crippen molar-refractivity contribution in [1.82, 2.24) is 14.8 Å². The Hall–Kier alpha value is -1.20. The van der Waals surface area contributed by atoms with Crippen LogP contribution in [-0.2, 0) is 24.1 Å². The van der Waals surface area contributed by atoms with Crippen LogP contribution in [0.1, 0.15) is 64.7 Å². The van der Waals surface area contributed by atoms with Gasteiger partial charge < -0.3 is 11.1 Å². The molecule has 1 atom stereocenters. The smallest absolute Gasteiger partial charge is 0.246 e. The quantitative estimate of drug-likeness (QED) is 0.171. The average molecular weight is 445 g/mol. The third-order valence-corrected chi connectivity index (χ3v) is 5.98. The van der Waals surface area contributed by atoms with Crippen molar-refractivity contribution in [3.8, 4) is 0 Å². The van der Waals surface area contributed by atoms with Gasteiger partial charge >= 0.3 is 0 Å². The van der Waals surface area contributed by atoms with Crippen molar-refractivity contribution in [1.29, 1.82) is 0 Å². The monoisotopic (exact) mass is 444 g/mol. The van der Waals surface area contributed by atoms with Gasteiger partial charge in [-0.05, 0) is 68.8 Å². The zero-order valence-electron chi connectivity index (χ0n) is 17.9. The number of likely N-dealkylation sites (tertiary alicyclic amines) is 1. The Bertz CT molecular complexity index is 571. The minimum Gasteiger partial charge on any atom is -0.356 e. The summed E-state index contributed by atoms with van der Waals surface area (Å²) in [6.07, 6.45) is 7.33. The Morgan fingerprint density at radius 1 is 1.17 bits per heavy atom. The summed E-state index contributed by atoms with van der Waals surface area (Å²) >= 11 is 3.99. The number of carbonyl (C=O) groups is 3. The van der Waals surface area contributed by atoms with Gasteiger partial charge in [-0.15, -0.1) is 0 Å². The van der Waals surface area contributed by atoms with Crippen LogP contribution in [0.15, 0.2) is 0 Å². The van der Waals surface area contributed by atoms with E-state index < -0.39 is 6.04 Å². The molecule has 1 saturated heterocycles. The first-order chi connectivity index (χ1) is 14.4. The number of nitrogens with two attached hydrogens (primary N) is 1. The second kappa shape index (κ2) is 13.3. The third kappa shape index (κ3) is 8.14. The molecule has 0 aromatic carbocycles. The molecule has 1 heterocycles. The highest BCUT2D eigenvalue weighted by Crippen LogP contribution is 2.30. The zero-order chi connectivity index (χ0) is 21.9.